The van der Waals surface area contributed by atoms with Gasteiger partial charge in [0.1, 0.15) is 24.4 Å². The Kier molecular flexibility index (Phi) is 9.11. The number of benzene rings is 3. The first kappa shape index (κ1) is 26.9. The van der Waals surface area contributed by atoms with E-state index >= 15 is 0 Å². The standard InChI is InChI=1S/C30H33N3O5/c1-3-38-27(34)20-31-29(35)26(19-14-22-10-6-4-7-11-22)33-30(36)28(24-15-17-25(37-2)18-16-24)32(33)21-23-12-8-5-9-13-23/h4-13,15-18,26,28H,3,14,19-21H2,1-2H3,(H,31,35). The zero-order valence-corrected chi connectivity index (χ0v) is 21.7. The normalized spacial score (nSPS) is 15.9. The van der Waals surface area contributed by atoms with Crippen molar-refractivity contribution >= 4 is 17.8 Å². The second-order valence-corrected chi connectivity index (χ2v) is 9.00. The van der Waals surface area contributed by atoms with Crippen molar-refractivity contribution in [2.24, 2.45) is 0 Å². The van der Waals surface area contributed by atoms with Crippen molar-refractivity contribution in [3.8, 4) is 5.75 Å². The summed E-state index contributed by atoms with van der Waals surface area (Å²) in [5.74, 6) is -0.384. The predicted molar refractivity (Wildman–Crippen MR) is 143 cm³/mol. The van der Waals surface area contributed by atoms with Crippen molar-refractivity contribution in [3.05, 3.63) is 102 Å². The van der Waals surface area contributed by atoms with Crippen LogP contribution in [0.25, 0.3) is 0 Å². The molecule has 2 amide bonds. The lowest BCUT2D eigenvalue weighted by atomic mass is 9.96. The van der Waals surface area contributed by atoms with Crippen molar-refractivity contribution < 1.29 is 23.9 Å². The number of carbonyl (C=O) groups is 3. The van der Waals surface area contributed by atoms with E-state index in [0.29, 0.717) is 25.1 Å². The minimum absolute atomic E-state index is 0.171. The third kappa shape index (κ3) is 6.39. The van der Waals surface area contributed by atoms with Crippen LogP contribution in [0.3, 0.4) is 0 Å². The summed E-state index contributed by atoms with van der Waals surface area (Å²) in [7, 11) is 1.60. The Bertz CT molecular complexity index is 1220. The van der Waals surface area contributed by atoms with Crippen LogP contribution in [-0.2, 0) is 32.1 Å². The number of hydrogen-bond donors (Lipinski definition) is 1. The van der Waals surface area contributed by atoms with E-state index in [-0.39, 0.29) is 19.1 Å². The molecule has 3 aromatic rings. The van der Waals surface area contributed by atoms with E-state index in [1.807, 2.05) is 89.9 Å². The second-order valence-electron chi connectivity index (χ2n) is 9.00. The molecule has 0 aromatic heterocycles. The highest BCUT2D eigenvalue weighted by Crippen LogP contribution is 2.39. The van der Waals surface area contributed by atoms with Gasteiger partial charge in [-0.1, -0.05) is 72.8 Å². The molecule has 1 aliphatic rings. The number of carbonyl (C=O) groups excluding carboxylic acids is 3. The monoisotopic (exact) mass is 515 g/mol. The number of rotatable bonds is 12. The van der Waals surface area contributed by atoms with Crippen molar-refractivity contribution in [2.75, 3.05) is 20.3 Å². The molecule has 0 spiro atoms. The number of ether oxygens (including phenoxy) is 2. The van der Waals surface area contributed by atoms with Gasteiger partial charge in [-0.2, -0.15) is 5.01 Å². The molecule has 8 nitrogen and oxygen atoms in total. The molecule has 1 aliphatic heterocycles. The van der Waals surface area contributed by atoms with Crippen molar-refractivity contribution in [2.45, 2.75) is 38.4 Å². The maximum atomic E-state index is 13.7. The molecule has 3 aromatic carbocycles. The summed E-state index contributed by atoms with van der Waals surface area (Å²) >= 11 is 0. The van der Waals surface area contributed by atoms with E-state index in [9.17, 15) is 14.4 Å². The number of esters is 1. The molecule has 0 saturated carbocycles. The summed E-state index contributed by atoms with van der Waals surface area (Å²) in [5.41, 5.74) is 2.89. The maximum Gasteiger partial charge on any atom is 0.325 e. The van der Waals surface area contributed by atoms with E-state index < -0.39 is 24.0 Å². The smallest absolute Gasteiger partial charge is 0.325 e. The van der Waals surface area contributed by atoms with E-state index in [2.05, 4.69) is 5.32 Å². The van der Waals surface area contributed by atoms with E-state index in [1.54, 1.807) is 19.0 Å². The van der Waals surface area contributed by atoms with Crippen LogP contribution in [0.15, 0.2) is 84.9 Å². The SMILES string of the molecule is CCOC(=O)CNC(=O)C(CCc1ccccc1)N1C(=O)C(c2ccc(OC)cc2)N1Cc1ccccc1. The Balaban J connectivity index is 1.61. The Morgan fingerprint density at radius 2 is 1.55 bits per heavy atom. The number of methoxy groups -OCH3 is 1. The van der Waals surface area contributed by atoms with Crippen LogP contribution in [-0.4, -0.2) is 54.1 Å². The van der Waals surface area contributed by atoms with Gasteiger partial charge in [-0.15, -0.1) is 0 Å². The fraction of sp³-hybridized carbons (Fsp3) is 0.300. The fourth-order valence-electron chi connectivity index (χ4n) is 4.62. The molecule has 1 N–H and O–H groups in total. The summed E-state index contributed by atoms with van der Waals surface area (Å²) in [5, 5.41) is 6.15. The molecule has 1 fully saturated rings. The minimum Gasteiger partial charge on any atom is -0.497 e. The predicted octanol–water partition coefficient (Wildman–Crippen LogP) is 3.68. The van der Waals surface area contributed by atoms with Crippen LogP contribution < -0.4 is 10.1 Å². The minimum atomic E-state index is -0.796. The van der Waals surface area contributed by atoms with Gasteiger partial charge >= 0.3 is 5.97 Å². The van der Waals surface area contributed by atoms with Crippen LogP contribution in [0.4, 0.5) is 0 Å². The van der Waals surface area contributed by atoms with E-state index in [4.69, 9.17) is 9.47 Å². The van der Waals surface area contributed by atoms with Gasteiger partial charge < -0.3 is 14.8 Å². The first-order chi connectivity index (χ1) is 18.5. The third-order valence-corrected chi connectivity index (χ3v) is 6.51. The zero-order chi connectivity index (χ0) is 26.9. The summed E-state index contributed by atoms with van der Waals surface area (Å²) in [6, 6.07) is 25.7. The molecular weight excluding hydrogens is 482 g/mol. The van der Waals surface area contributed by atoms with Gasteiger partial charge in [0.05, 0.1) is 13.7 Å². The van der Waals surface area contributed by atoms with Crippen LogP contribution in [0.1, 0.15) is 36.1 Å². The van der Waals surface area contributed by atoms with Crippen LogP contribution in [0.5, 0.6) is 5.75 Å². The molecule has 198 valence electrons. The highest BCUT2D eigenvalue weighted by atomic mass is 16.5. The van der Waals surface area contributed by atoms with Crippen molar-refractivity contribution in [1.82, 2.24) is 15.3 Å². The molecule has 2 atom stereocenters. The lowest BCUT2D eigenvalue weighted by Crippen LogP contribution is -2.69. The lowest BCUT2D eigenvalue weighted by molar-refractivity contribution is -0.211. The van der Waals surface area contributed by atoms with Crippen LogP contribution in [0.2, 0.25) is 0 Å². The van der Waals surface area contributed by atoms with Gasteiger partial charge in [-0.05, 0) is 48.6 Å². The first-order valence-electron chi connectivity index (χ1n) is 12.8. The van der Waals surface area contributed by atoms with E-state index in [1.165, 1.54) is 0 Å². The Morgan fingerprint density at radius 1 is 0.921 bits per heavy atom. The number of hydrogen-bond acceptors (Lipinski definition) is 6. The molecule has 38 heavy (non-hydrogen) atoms. The van der Waals surface area contributed by atoms with Gasteiger partial charge in [-0.3, -0.25) is 19.4 Å². The molecule has 1 heterocycles. The maximum absolute atomic E-state index is 13.7. The number of hydrazine groups is 1. The summed E-state index contributed by atoms with van der Waals surface area (Å²) in [6.07, 6.45) is 0.986. The second kappa shape index (κ2) is 12.9. The van der Waals surface area contributed by atoms with Gasteiger partial charge in [0, 0.05) is 6.54 Å². The largest absolute Gasteiger partial charge is 0.497 e. The Labute approximate surface area is 223 Å². The summed E-state index contributed by atoms with van der Waals surface area (Å²) in [4.78, 5) is 39.0. The molecule has 0 bridgehead atoms. The summed E-state index contributed by atoms with van der Waals surface area (Å²) in [6.45, 7) is 2.13. The third-order valence-electron chi connectivity index (χ3n) is 6.51. The zero-order valence-electron chi connectivity index (χ0n) is 21.7. The molecule has 8 heteroatoms. The fourth-order valence-corrected chi connectivity index (χ4v) is 4.62. The topological polar surface area (TPSA) is 88.2 Å². The van der Waals surface area contributed by atoms with Crippen LogP contribution >= 0.6 is 0 Å². The summed E-state index contributed by atoms with van der Waals surface area (Å²) < 4.78 is 10.2. The van der Waals surface area contributed by atoms with Gasteiger partial charge in [0.2, 0.25) is 5.91 Å². The average molecular weight is 516 g/mol. The van der Waals surface area contributed by atoms with Gasteiger partial charge in [0.25, 0.3) is 5.91 Å². The van der Waals surface area contributed by atoms with Crippen LogP contribution in [0, 0.1) is 0 Å². The highest BCUT2D eigenvalue weighted by Gasteiger charge is 2.51. The lowest BCUT2D eigenvalue weighted by Gasteiger charge is -2.53. The van der Waals surface area contributed by atoms with Crippen molar-refractivity contribution in [1.29, 1.82) is 0 Å². The molecule has 4 rings (SSSR count). The van der Waals surface area contributed by atoms with E-state index in [0.717, 1.165) is 16.7 Å². The number of nitrogens with one attached hydrogen (secondary N) is 1. The number of aryl methyl sites for hydroxylation is 1. The molecule has 0 aliphatic carbocycles. The van der Waals surface area contributed by atoms with Gasteiger partial charge in [-0.25, -0.2) is 0 Å². The molecule has 0 radical (unpaired) electrons. The Morgan fingerprint density at radius 3 is 2.16 bits per heavy atom. The average Bonchev–Trinajstić information content (AvgIpc) is 2.95. The molecule has 2 unspecified atom stereocenters. The Hall–Kier alpha value is -4.17. The quantitative estimate of drug-likeness (QED) is 0.371. The van der Waals surface area contributed by atoms with Crippen molar-refractivity contribution in [3.63, 3.8) is 0 Å². The van der Waals surface area contributed by atoms with Gasteiger partial charge in [0.15, 0.2) is 0 Å². The highest BCUT2D eigenvalue weighted by molar-refractivity contribution is 5.94. The molecular formula is C30H33N3O5. The number of amides is 2. The first-order valence-corrected chi connectivity index (χ1v) is 12.8. The number of nitrogens with zero attached hydrogens (tertiary/aromatic N) is 2. The molecule has 1 saturated heterocycles.